The van der Waals surface area contributed by atoms with Gasteiger partial charge in [-0.1, -0.05) is 33.1 Å². The van der Waals surface area contributed by atoms with Gasteiger partial charge in [0.1, 0.15) is 11.3 Å². The smallest absolute Gasteiger partial charge is 0.160 e. The number of fused-ring (bicyclic) bond motifs is 1. The summed E-state index contributed by atoms with van der Waals surface area (Å²) >= 11 is 5.99. The summed E-state index contributed by atoms with van der Waals surface area (Å²) < 4.78 is 2.36. The summed E-state index contributed by atoms with van der Waals surface area (Å²) in [5.41, 5.74) is 3.26. The Bertz CT molecular complexity index is 577. The number of alkyl halides is 1. The molecule has 0 fully saturated rings. The van der Waals surface area contributed by atoms with Crippen LogP contribution in [0.1, 0.15) is 63.4 Å². The molecule has 0 bridgehead atoms. The van der Waals surface area contributed by atoms with Crippen molar-refractivity contribution in [1.82, 2.24) is 14.5 Å². The molecule has 0 radical (unpaired) electrons. The maximum atomic E-state index is 5.99. The average Bonchev–Trinajstić information content (AvgIpc) is 2.84. The third-order valence-electron chi connectivity index (χ3n) is 4.05. The summed E-state index contributed by atoms with van der Waals surface area (Å²) in [6, 6.07) is 2.53. The quantitative estimate of drug-likeness (QED) is 0.639. The maximum absolute atomic E-state index is 5.99. The Morgan fingerprint density at radius 1 is 1.24 bits per heavy atom. The van der Waals surface area contributed by atoms with Gasteiger partial charge in [0.25, 0.3) is 0 Å². The Hall–Kier alpha value is -1.09. The van der Waals surface area contributed by atoms with Crippen LogP contribution in [0.5, 0.6) is 0 Å². The van der Waals surface area contributed by atoms with Crippen LogP contribution in [0.25, 0.3) is 11.2 Å². The summed E-state index contributed by atoms with van der Waals surface area (Å²) in [5.74, 6) is 1.70. The molecular weight excluding hydrogens is 282 g/mol. The predicted molar refractivity (Wildman–Crippen MR) is 90.2 cm³/mol. The standard InChI is InChI=1S/C17H26ClN3/c1-4-6-8-14(7-5-2)21-15(9-11-18)20-16-13(3)10-12-19-17(16)21/h10,12,14H,4-9,11H2,1-3H3. The molecule has 0 aliphatic rings. The fourth-order valence-corrected chi connectivity index (χ4v) is 3.14. The molecule has 0 saturated heterocycles. The fourth-order valence-electron chi connectivity index (χ4n) is 2.98. The Morgan fingerprint density at radius 3 is 2.71 bits per heavy atom. The van der Waals surface area contributed by atoms with E-state index in [0.717, 1.165) is 23.4 Å². The number of pyridine rings is 1. The first-order valence-corrected chi connectivity index (χ1v) is 8.64. The first kappa shape index (κ1) is 16.3. The van der Waals surface area contributed by atoms with Gasteiger partial charge in [0, 0.05) is 24.5 Å². The minimum absolute atomic E-state index is 0.493. The van der Waals surface area contributed by atoms with Gasteiger partial charge in [0.2, 0.25) is 0 Å². The Labute approximate surface area is 132 Å². The van der Waals surface area contributed by atoms with Crippen molar-refractivity contribution in [3.63, 3.8) is 0 Å². The highest BCUT2D eigenvalue weighted by molar-refractivity contribution is 6.17. The first-order valence-electron chi connectivity index (χ1n) is 8.11. The highest BCUT2D eigenvalue weighted by atomic mass is 35.5. The lowest BCUT2D eigenvalue weighted by Crippen LogP contribution is -2.13. The van der Waals surface area contributed by atoms with Gasteiger partial charge in [0.05, 0.1) is 0 Å². The second-order valence-corrected chi connectivity index (χ2v) is 6.10. The highest BCUT2D eigenvalue weighted by Gasteiger charge is 2.19. The summed E-state index contributed by atoms with van der Waals surface area (Å²) in [6.45, 7) is 6.60. The van der Waals surface area contributed by atoms with E-state index in [9.17, 15) is 0 Å². The van der Waals surface area contributed by atoms with E-state index >= 15 is 0 Å². The number of aryl methyl sites for hydroxylation is 2. The number of hydrogen-bond donors (Lipinski definition) is 0. The van der Waals surface area contributed by atoms with E-state index in [1.807, 2.05) is 12.3 Å². The SMILES string of the molecule is CCCCC(CCC)n1c(CCCl)nc2c(C)ccnc21. The van der Waals surface area contributed by atoms with Crippen molar-refractivity contribution in [3.8, 4) is 0 Å². The van der Waals surface area contributed by atoms with E-state index in [4.69, 9.17) is 16.6 Å². The summed E-state index contributed by atoms with van der Waals surface area (Å²) in [5, 5.41) is 0. The van der Waals surface area contributed by atoms with Crippen molar-refractivity contribution < 1.29 is 0 Å². The molecule has 0 saturated carbocycles. The zero-order valence-corrected chi connectivity index (χ0v) is 14.2. The van der Waals surface area contributed by atoms with Gasteiger partial charge in [-0.3, -0.25) is 0 Å². The Kier molecular flexibility index (Phi) is 6.04. The van der Waals surface area contributed by atoms with Crippen LogP contribution in [0.3, 0.4) is 0 Å². The Morgan fingerprint density at radius 2 is 2.05 bits per heavy atom. The van der Waals surface area contributed by atoms with Crippen LogP contribution in [0.2, 0.25) is 0 Å². The van der Waals surface area contributed by atoms with Gasteiger partial charge in [0.15, 0.2) is 5.65 Å². The second kappa shape index (κ2) is 7.79. The molecule has 0 aromatic carbocycles. The summed E-state index contributed by atoms with van der Waals surface area (Å²) in [7, 11) is 0. The second-order valence-electron chi connectivity index (χ2n) is 5.72. The lowest BCUT2D eigenvalue weighted by atomic mass is 10.0. The van der Waals surface area contributed by atoms with Crippen molar-refractivity contribution >= 4 is 22.8 Å². The molecule has 1 unspecified atom stereocenters. The fraction of sp³-hybridized carbons (Fsp3) is 0.647. The number of aromatic nitrogens is 3. The van der Waals surface area contributed by atoms with Gasteiger partial charge in [-0.15, -0.1) is 11.6 Å². The van der Waals surface area contributed by atoms with Gasteiger partial charge in [-0.2, -0.15) is 0 Å². The van der Waals surface area contributed by atoms with Crippen LogP contribution >= 0.6 is 11.6 Å². The molecule has 2 aromatic heterocycles. The maximum Gasteiger partial charge on any atom is 0.160 e. The third kappa shape index (κ3) is 3.57. The molecule has 2 heterocycles. The van der Waals surface area contributed by atoms with E-state index in [1.54, 1.807) is 0 Å². The lowest BCUT2D eigenvalue weighted by molar-refractivity contribution is 0.414. The number of hydrogen-bond acceptors (Lipinski definition) is 2. The van der Waals surface area contributed by atoms with Gasteiger partial charge < -0.3 is 4.57 Å². The molecule has 116 valence electrons. The molecule has 0 amide bonds. The number of rotatable bonds is 8. The minimum Gasteiger partial charge on any atom is -0.310 e. The third-order valence-corrected chi connectivity index (χ3v) is 4.24. The molecule has 0 aliphatic carbocycles. The molecule has 0 spiro atoms. The monoisotopic (exact) mass is 307 g/mol. The molecular formula is C17H26ClN3. The molecule has 21 heavy (non-hydrogen) atoms. The zero-order valence-electron chi connectivity index (χ0n) is 13.4. The summed E-state index contributed by atoms with van der Waals surface area (Å²) in [6.07, 6.45) is 8.73. The van der Waals surface area contributed by atoms with Crippen molar-refractivity contribution in [2.45, 2.75) is 65.3 Å². The topological polar surface area (TPSA) is 30.7 Å². The molecule has 2 rings (SSSR count). The van der Waals surface area contributed by atoms with Crippen LogP contribution in [0, 0.1) is 6.92 Å². The van der Waals surface area contributed by atoms with Gasteiger partial charge in [-0.25, -0.2) is 9.97 Å². The van der Waals surface area contributed by atoms with Crippen LogP contribution in [0.15, 0.2) is 12.3 Å². The number of imidazole rings is 1. The molecule has 0 N–H and O–H groups in total. The van der Waals surface area contributed by atoms with Crippen molar-refractivity contribution in [3.05, 3.63) is 23.7 Å². The van der Waals surface area contributed by atoms with E-state index in [2.05, 4.69) is 30.3 Å². The Balaban J connectivity index is 2.51. The molecule has 0 aliphatic heterocycles. The van der Waals surface area contributed by atoms with Crippen LogP contribution in [0.4, 0.5) is 0 Å². The largest absolute Gasteiger partial charge is 0.310 e. The molecule has 3 nitrogen and oxygen atoms in total. The van der Waals surface area contributed by atoms with E-state index in [1.165, 1.54) is 37.7 Å². The van der Waals surface area contributed by atoms with Crippen molar-refractivity contribution in [2.75, 3.05) is 5.88 Å². The first-order chi connectivity index (χ1) is 10.2. The molecule has 2 aromatic rings. The normalized spacial score (nSPS) is 13.0. The number of nitrogens with zero attached hydrogens (tertiary/aromatic N) is 3. The molecule has 1 atom stereocenters. The highest BCUT2D eigenvalue weighted by Crippen LogP contribution is 2.28. The number of halogens is 1. The predicted octanol–water partition coefficient (Wildman–Crippen LogP) is 5.05. The number of unbranched alkanes of at least 4 members (excludes halogenated alkanes) is 1. The molecule has 4 heteroatoms. The van der Waals surface area contributed by atoms with E-state index in [0.29, 0.717) is 11.9 Å². The zero-order chi connectivity index (χ0) is 15.2. The van der Waals surface area contributed by atoms with Crippen LogP contribution in [-0.2, 0) is 6.42 Å². The van der Waals surface area contributed by atoms with E-state index in [-0.39, 0.29) is 0 Å². The van der Waals surface area contributed by atoms with Crippen LogP contribution in [-0.4, -0.2) is 20.4 Å². The summed E-state index contributed by atoms with van der Waals surface area (Å²) in [4.78, 5) is 9.44. The van der Waals surface area contributed by atoms with Gasteiger partial charge >= 0.3 is 0 Å². The van der Waals surface area contributed by atoms with Crippen LogP contribution < -0.4 is 0 Å². The van der Waals surface area contributed by atoms with Crippen molar-refractivity contribution in [2.24, 2.45) is 0 Å². The van der Waals surface area contributed by atoms with Gasteiger partial charge in [-0.05, 0) is 31.4 Å². The van der Waals surface area contributed by atoms with Crippen molar-refractivity contribution in [1.29, 1.82) is 0 Å². The lowest BCUT2D eigenvalue weighted by Gasteiger charge is -2.20. The minimum atomic E-state index is 0.493. The average molecular weight is 308 g/mol. The van der Waals surface area contributed by atoms with E-state index < -0.39 is 0 Å².